The predicted molar refractivity (Wildman–Crippen MR) is 66.5 cm³/mol. The van der Waals surface area contributed by atoms with Crippen molar-refractivity contribution in [3.05, 3.63) is 29.8 Å². The second-order valence-corrected chi connectivity index (χ2v) is 4.88. The maximum Gasteiger partial charge on any atom is 0.357 e. The highest BCUT2D eigenvalue weighted by atomic mass is 32.2. The van der Waals surface area contributed by atoms with Crippen molar-refractivity contribution in [3.63, 3.8) is 0 Å². The Morgan fingerprint density at radius 3 is 2.50 bits per heavy atom. The molecule has 6 heteroatoms. The minimum absolute atomic E-state index is 0.374. The third kappa shape index (κ3) is 3.78. The second kappa shape index (κ2) is 5.79. The molecule has 0 amide bonds. The number of aryl methyl sites for hydroxylation is 1. The molecule has 1 aromatic carbocycles. The molecule has 5 nitrogen and oxygen atoms in total. The summed E-state index contributed by atoms with van der Waals surface area (Å²) in [6, 6.07) is 7.06. The Kier molecular flexibility index (Phi) is 4.34. The fraction of sp³-hybridized carbons (Fsp3) is 0.500. The van der Waals surface area contributed by atoms with Gasteiger partial charge in [-0.3, -0.25) is 4.55 Å². The Morgan fingerprint density at radius 1 is 1.33 bits per heavy atom. The van der Waals surface area contributed by atoms with Gasteiger partial charge < -0.3 is 13.7 Å². The van der Waals surface area contributed by atoms with Gasteiger partial charge in [0.15, 0.2) is 5.79 Å². The molecule has 0 spiro atoms. The van der Waals surface area contributed by atoms with Crippen LogP contribution in [0.25, 0.3) is 0 Å². The van der Waals surface area contributed by atoms with Gasteiger partial charge in [-0.2, -0.15) is 4.21 Å². The SMILES string of the molecule is CC1(CCc2ccc(OS(=O)O)cc2)OCCO1. The van der Waals surface area contributed by atoms with Gasteiger partial charge in [0.2, 0.25) is 0 Å². The van der Waals surface area contributed by atoms with Crippen LogP contribution in [-0.4, -0.2) is 27.8 Å². The van der Waals surface area contributed by atoms with E-state index in [0.29, 0.717) is 19.0 Å². The number of hydrogen-bond donors (Lipinski definition) is 1. The average Bonchev–Trinajstić information content (AvgIpc) is 2.75. The van der Waals surface area contributed by atoms with Gasteiger partial charge >= 0.3 is 11.4 Å². The summed E-state index contributed by atoms with van der Waals surface area (Å²) in [7, 11) is 0. The Balaban J connectivity index is 1.88. The van der Waals surface area contributed by atoms with Crippen molar-refractivity contribution < 1.29 is 22.4 Å². The monoisotopic (exact) mass is 272 g/mol. The van der Waals surface area contributed by atoms with Crippen molar-refractivity contribution in [2.24, 2.45) is 0 Å². The molecule has 1 saturated heterocycles. The molecular weight excluding hydrogens is 256 g/mol. The van der Waals surface area contributed by atoms with Gasteiger partial charge in [0.1, 0.15) is 5.75 Å². The van der Waals surface area contributed by atoms with E-state index < -0.39 is 17.1 Å². The van der Waals surface area contributed by atoms with Gasteiger partial charge in [-0.15, -0.1) is 0 Å². The Morgan fingerprint density at radius 2 is 1.94 bits per heavy atom. The van der Waals surface area contributed by atoms with Crippen LogP contribution < -0.4 is 4.18 Å². The fourth-order valence-electron chi connectivity index (χ4n) is 1.87. The number of benzene rings is 1. The molecule has 1 unspecified atom stereocenters. The maximum atomic E-state index is 10.5. The minimum Gasteiger partial charge on any atom is -0.380 e. The van der Waals surface area contributed by atoms with Crippen molar-refractivity contribution in [2.45, 2.75) is 25.6 Å². The van der Waals surface area contributed by atoms with Crippen molar-refractivity contribution in [1.82, 2.24) is 0 Å². The highest BCUT2D eigenvalue weighted by Gasteiger charge is 2.30. The molecule has 1 aliphatic heterocycles. The minimum atomic E-state index is -2.28. The maximum absolute atomic E-state index is 10.5. The van der Waals surface area contributed by atoms with E-state index >= 15 is 0 Å². The summed E-state index contributed by atoms with van der Waals surface area (Å²) in [5, 5.41) is 0. The molecule has 1 heterocycles. The molecule has 1 aliphatic rings. The number of rotatable bonds is 5. The van der Waals surface area contributed by atoms with Crippen molar-refractivity contribution in [2.75, 3.05) is 13.2 Å². The molecule has 0 radical (unpaired) electrons. The first-order valence-electron chi connectivity index (χ1n) is 5.73. The zero-order valence-electron chi connectivity index (χ0n) is 10.1. The van der Waals surface area contributed by atoms with Crippen LogP contribution in [0.5, 0.6) is 5.75 Å². The summed E-state index contributed by atoms with van der Waals surface area (Å²) in [4.78, 5) is 0. The van der Waals surface area contributed by atoms with Crippen LogP contribution in [0.1, 0.15) is 18.9 Å². The van der Waals surface area contributed by atoms with Crippen molar-refractivity contribution >= 4 is 11.4 Å². The summed E-state index contributed by atoms with van der Waals surface area (Å²) in [6.07, 6.45) is 1.60. The molecule has 0 saturated carbocycles. The van der Waals surface area contributed by atoms with Crippen molar-refractivity contribution in [3.8, 4) is 5.75 Å². The standard InChI is InChI=1S/C12H16O5S/c1-12(15-8-9-16-12)7-6-10-2-4-11(5-3-10)17-18(13)14/h2-5H,6-9H2,1H3,(H,13,14). The zero-order chi connectivity index (χ0) is 13.0. The van der Waals surface area contributed by atoms with Crippen LogP contribution in [-0.2, 0) is 27.3 Å². The van der Waals surface area contributed by atoms with Crippen LogP contribution in [0.3, 0.4) is 0 Å². The summed E-state index contributed by atoms with van der Waals surface area (Å²) in [5.74, 6) is -0.110. The topological polar surface area (TPSA) is 65.0 Å². The summed E-state index contributed by atoms with van der Waals surface area (Å²) in [6.45, 7) is 3.23. The lowest BCUT2D eigenvalue weighted by molar-refractivity contribution is -0.146. The smallest absolute Gasteiger partial charge is 0.357 e. The van der Waals surface area contributed by atoms with Gasteiger partial charge in [0, 0.05) is 6.42 Å². The second-order valence-electron chi connectivity index (χ2n) is 4.28. The van der Waals surface area contributed by atoms with E-state index in [9.17, 15) is 4.21 Å². The summed E-state index contributed by atoms with van der Waals surface area (Å²) >= 11 is -2.28. The zero-order valence-corrected chi connectivity index (χ0v) is 10.9. The molecule has 1 atom stereocenters. The molecule has 1 aromatic rings. The van der Waals surface area contributed by atoms with E-state index in [2.05, 4.69) is 4.18 Å². The van der Waals surface area contributed by atoms with Crippen LogP contribution >= 0.6 is 0 Å². The predicted octanol–water partition coefficient (Wildman–Crippen LogP) is 1.90. The normalized spacial score (nSPS) is 19.7. The Hall–Kier alpha value is -0.950. The van der Waals surface area contributed by atoms with Crippen LogP contribution in [0, 0.1) is 0 Å². The quantitative estimate of drug-likeness (QED) is 0.829. The Bertz CT molecular complexity index is 411. The molecule has 0 aromatic heterocycles. The van der Waals surface area contributed by atoms with E-state index in [0.717, 1.165) is 18.4 Å². The molecule has 2 rings (SSSR count). The molecular formula is C12H16O5S. The third-order valence-electron chi connectivity index (χ3n) is 2.86. The molecule has 1 N–H and O–H groups in total. The first-order valence-corrected chi connectivity index (χ1v) is 6.77. The third-order valence-corrected chi connectivity index (χ3v) is 3.19. The molecule has 1 fully saturated rings. The fourth-order valence-corrected chi connectivity index (χ4v) is 2.14. The van der Waals surface area contributed by atoms with Crippen LogP contribution in [0.15, 0.2) is 24.3 Å². The highest BCUT2D eigenvalue weighted by Crippen LogP contribution is 2.25. The lowest BCUT2D eigenvalue weighted by Gasteiger charge is -2.21. The van der Waals surface area contributed by atoms with E-state index in [4.69, 9.17) is 14.0 Å². The van der Waals surface area contributed by atoms with E-state index in [-0.39, 0.29) is 0 Å². The summed E-state index contributed by atoms with van der Waals surface area (Å²) < 4.78 is 34.7. The highest BCUT2D eigenvalue weighted by molar-refractivity contribution is 7.74. The van der Waals surface area contributed by atoms with Crippen molar-refractivity contribution in [1.29, 1.82) is 0 Å². The number of ether oxygens (including phenoxy) is 2. The van der Waals surface area contributed by atoms with Gasteiger partial charge in [0.25, 0.3) is 0 Å². The lowest BCUT2D eigenvalue weighted by Crippen LogP contribution is -2.26. The molecule has 0 bridgehead atoms. The van der Waals surface area contributed by atoms with Crippen LogP contribution in [0.4, 0.5) is 0 Å². The molecule has 0 aliphatic carbocycles. The molecule has 18 heavy (non-hydrogen) atoms. The first-order chi connectivity index (χ1) is 8.57. The number of hydrogen-bond acceptors (Lipinski definition) is 4. The van der Waals surface area contributed by atoms with Gasteiger partial charge in [0.05, 0.1) is 13.2 Å². The largest absolute Gasteiger partial charge is 0.380 e. The molecule has 100 valence electrons. The van der Waals surface area contributed by atoms with Gasteiger partial charge in [-0.05, 0) is 31.0 Å². The summed E-state index contributed by atoms with van der Waals surface area (Å²) in [5.41, 5.74) is 1.10. The van der Waals surface area contributed by atoms with Gasteiger partial charge in [-0.25, -0.2) is 0 Å². The van der Waals surface area contributed by atoms with E-state index in [1.54, 1.807) is 12.1 Å². The van der Waals surface area contributed by atoms with Crippen LogP contribution in [0.2, 0.25) is 0 Å². The van der Waals surface area contributed by atoms with Gasteiger partial charge in [-0.1, -0.05) is 12.1 Å². The van der Waals surface area contributed by atoms with E-state index in [1.807, 2.05) is 19.1 Å². The van der Waals surface area contributed by atoms with E-state index in [1.165, 1.54) is 0 Å². The first kappa shape index (κ1) is 13.5. The Labute approximate surface area is 109 Å². The lowest BCUT2D eigenvalue weighted by atomic mass is 10.1. The average molecular weight is 272 g/mol.